The first kappa shape index (κ1) is 11.0. The van der Waals surface area contributed by atoms with E-state index >= 15 is 0 Å². The maximum absolute atomic E-state index is 13.0. The van der Waals surface area contributed by atoms with E-state index in [4.69, 9.17) is 5.11 Å². The monoisotopic (exact) mass is 226 g/mol. The summed E-state index contributed by atoms with van der Waals surface area (Å²) < 4.78 is 25.7. The second-order valence-electron chi connectivity index (χ2n) is 4.36. The maximum atomic E-state index is 13.0. The van der Waals surface area contributed by atoms with Gasteiger partial charge in [-0.15, -0.1) is 0 Å². The molecule has 0 atom stereocenters. The number of alkyl halides is 1. The Morgan fingerprint density at radius 2 is 1.94 bits per heavy atom. The van der Waals surface area contributed by atoms with Gasteiger partial charge in [0.15, 0.2) is 0 Å². The van der Waals surface area contributed by atoms with E-state index in [1.165, 1.54) is 12.1 Å². The van der Waals surface area contributed by atoms with Crippen LogP contribution in [0.2, 0.25) is 0 Å². The number of carboxylic acids is 1. The zero-order chi connectivity index (χ0) is 11.8. The quantitative estimate of drug-likeness (QED) is 0.860. The molecular weight excluding hydrogens is 214 g/mol. The molecule has 0 radical (unpaired) electrons. The van der Waals surface area contributed by atoms with Crippen LogP contribution < -0.4 is 0 Å². The molecule has 1 N–H and O–H groups in total. The Bertz CT molecular complexity index is 394. The predicted octanol–water partition coefficient (Wildman–Crippen LogP) is 2.67. The van der Waals surface area contributed by atoms with Crippen LogP contribution >= 0.6 is 0 Å². The smallest absolute Gasteiger partial charge is 0.304 e. The Kier molecular flexibility index (Phi) is 2.66. The molecule has 0 aliphatic heterocycles. The molecule has 2 nitrogen and oxygen atoms in total. The van der Waals surface area contributed by atoms with Crippen LogP contribution in [0.4, 0.5) is 8.78 Å². The average molecular weight is 226 g/mol. The third-order valence-corrected chi connectivity index (χ3v) is 3.17. The van der Waals surface area contributed by atoms with Crippen LogP contribution in [0, 0.1) is 5.82 Å². The molecule has 0 bridgehead atoms. The van der Waals surface area contributed by atoms with E-state index in [2.05, 4.69) is 0 Å². The predicted molar refractivity (Wildman–Crippen MR) is 54.5 cm³/mol. The van der Waals surface area contributed by atoms with Crippen molar-refractivity contribution >= 4 is 5.97 Å². The number of carboxylic acid groups (broad SMARTS) is 1. The van der Waals surface area contributed by atoms with Crippen molar-refractivity contribution in [2.45, 2.75) is 30.8 Å². The lowest BCUT2D eigenvalue weighted by Crippen LogP contribution is -2.44. The number of halogens is 2. The van der Waals surface area contributed by atoms with Crippen LogP contribution in [0.25, 0.3) is 0 Å². The molecule has 0 saturated heterocycles. The first-order chi connectivity index (χ1) is 7.52. The molecular formula is C12H12F2O2. The Morgan fingerprint density at radius 3 is 2.38 bits per heavy atom. The van der Waals surface area contributed by atoms with Crippen molar-refractivity contribution in [3.63, 3.8) is 0 Å². The highest BCUT2D eigenvalue weighted by molar-refractivity contribution is 5.69. The highest BCUT2D eigenvalue weighted by atomic mass is 19.1. The standard InChI is InChI=1S/C12H12F2O2/c13-9-3-1-8(2-4-9)12(7-11(15)16)5-10(14)6-12/h1-4,10H,5-7H2,(H,15,16). The summed E-state index contributed by atoms with van der Waals surface area (Å²) >= 11 is 0. The molecule has 1 saturated carbocycles. The largest absolute Gasteiger partial charge is 0.481 e. The van der Waals surface area contributed by atoms with Crippen molar-refractivity contribution in [3.05, 3.63) is 35.6 Å². The number of rotatable bonds is 3. The molecule has 2 rings (SSSR count). The Hall–Kier alpha value is -1.45. The highest BCUT2D eigenvalue weighted by Crippen LogP contribution is 2.48. The molecule has 0 spiro atoms. The summed E-state index contributed by atoms with van der Waals surface area (Å²) in [6, 6.07) is 5.66. The topological polar surface area (TPSA) is 37.3 Å². The Labute approximate surface area is 91.9 Å². The SMILES string of the molecule is O=C(O)CC1(c2ccc(F)cc2)CC(F)C1. The van der Waals surface area contributed by atoms with Gasteiger partial charge in [-0.2, -0.15) is 0 Å². The number of hydrogen-bond acceptors (Lipinski definition) is 1. The Balaban J connectivity index is 2.26. The molecule has 0 amide bonds. The second-order valence-corrected chi connectivity index (χ2v) is 4.36. The summed E-state index contributed by atoms with van der Waals surface area (Å²) in [5, 5.41) is 8.82. The van der Waals surface area contributed by atoms with Gasteiger partial charge in [-0.3, -0.25) is 4.79 Å². The minimum absolute atomic E-state index is 0.0982. The molecule has 86 valence electrons. The molecule has 0 heterocycles. The molecule has 1 aromatic carbocycles. The summed E-state index contributed by atoms with van der Waals surface area (Å²) in [7, 11) is 0. The van der Waals surface area contributed by atoms with Crippen molar-refractivity contribution in [2.24, 2.45) is 0 Å². The number of benzene rings is 1. The minimum Gasteiger partial charge on any atom is -0.481 e. The zero-order valence-corrected chi connectivity index (χ0v) is 8.62. The van der Waals surface area contributed by atoms with Crippen molar-refractivity contribution < 1.29 is 18.7 Å². The molecule has 1 aliphatic carbocycles. The van der Waals surface area contributed by atoms with Gasteiger partial charge in [0.05, 0.1) is 6.42 Å². The van der Waals surface area contributed by atoms with Gasteiger partial charge in [0.2, 0.25) is 0 Å². The molecule has 0 aromatic heterocycles. The van der Waals surface area contributed by atoms with Gasteiger partial charge in [-0.05, 0) is 30.5 Å². The summed E-state index contributed by atoms with van der Waals surface area (Å²) in [5.41, 5.74) is 0.0732. The summed E-state index contributed by atoms with van der Waals surface area (Å²) in [6.07, 6.45) is -0.612. The van der Waals surface area contributed by atoms with Crippen LogP contribution in [0.1, 0.15) is 24.8 Å². The van der Waals surface area contributed by atoms with Crippen LogP contribution in [-0.2, 0) is 10.2 Å². The van der Waals surface area contributed by atoms with Gasteiger partial charge < -0.3 is 5.11 Å². The third kappa shape index (κ3) is 1.92. The van der Waals surface area contributed by atoms with Gasteiger partial charge in [0.25, 0.3) is 0 Å². The van der Waals surface area contributed by atoms with Gasteiger partial charge >= 0.3 is 5.97 Å². The third-order valence-electron chi connectivity index (χ3n) is 3.17. The van der Waals surface area contributed by atoms with Crippen molar-refractivity contribution in [1.29, 1.82) is 0 Å². The van der Waals surface area contributed by atoms with Crippen LogP contribution in [0.15, 0.2) is 24.3 Å². The van der Waals surface area contributed by atoms with Gasteiger partial charge in [-0.1, -0.05) is 12.1 Å². The fourth-order valence-corrected chi connectivity index (χ4v) is 2.36. The summed E-state index contributed by atoms with van der Waals surface area (Å²) in [6.45, 7) is 0. The molecule has 0 unspecified atom stereocenters. The van der Waals surface area contributed by atoms with Gasteiger partial charge in [-0.25, -0.2) is 8.78 Å². The average Bonchev–Trinajstić information content (AvgIpc) is 2.15. The lowest BCUT2D eigenvalue weighted by atomic mass is 9.61. The van der Waals surface area contributed by atoms with Crippen molar-refractivity contribution in [3.8, 4) is 0 Å². The van der Waals surface area contributed by atoms with Crippen LogP contribution in [0.3, 0.4) is 0 Å². The van der Waals surface area contributed by atoms with Crippen molar-refractivity contribution in [2.75, 3.05) is 0 Å². The van der Waals surface area contributed by atoms with E-state index in [9.17, 15) is 13.6 Å². The summed E-state index contributed by atoms with van der Waals surface area (Å²) in [5.74, 6) is -1.32. The molecule has 16 heavy (non-hydrogen) atoms. The first-order valence-corrected chi connectivity index (χ1v) is 5.14. The molecule has 1 aromatic rings. The molecule has 1 fully saturated rings. The fraction of sp³-hybridized carbons (Fsp3) is 0.417. The molecule has 1 aliphatic rings. The van der Waals surface area contributed by atoms with Gasteiger partial charge in [0, 0.05) is 5.41 Å². The zero-order valence-electron chi connectivity index (χ0n) is 8.62. The van der Waals surface area contributed by atoms with E-state index in [1.54, 1.807) is 12.1 Å². The van der Waals surface area contributed by atoms with Crippen molar-refractivity contribution in [1.82, 2.24) is 0 Å². The highest BCUT2D eigenvalue weighted by Gasteiger charge is 2.47. The number of hydrogen-bond donors (Lipinski definition) is 1. The number of carbonyl (C=O) groups is 1. The molecule has 4 heteroatoms. The lowest BCUT2D eigenvalue weighted by Gasteiger charge is -2.43. The summed E-state index contributed by atoms with van der Waals surface area (Å²) in [4.78, 5) is 10.8. The minimum atomic E-state index is -0.948. The van der Waals surface area contributed by atoms with E-state index in [1.807, 2.05) is 0 Å². The fourth-order valence-electron chi connectivity index (χ4n) is 2.36. The van der Waals surface area contributed by atoms with E-state index < -0.39 is 17.6 Å². The normalized spacial score (nSPS) is 28.5. The lowest BCUT2D eigenvalue weighted by molar-refractivity contribution is -0.140. The first-order valence-electron chi connectivity index (χ1n) is 5.14. The van der Waals surface area contributed by atoms with Gasteiger partial charge in [0.1, 0.15) is 12.0 Å². The van der Waals surface area contributed by atoms with E-state index in [-0.39, 0.29) is 25.1 Å². The Morgan fingerprint density at radius 1 is 1.38 bits per heavy atom. The second kappa shape index (κ2) is 3.85. The van der Waals surface area contributed by atoms with Crippen LogP contribution in [0.5, 0.6) is 0 Å². The van der Waals surface area contributed by atoms with Crippen LogP contribution in [-0.4, -0.2) is 17.2 Å². The maximum Gasteiger partial charge on any atom is 0.304 e. The van der Waals surface area contributed by atoms with E-state index in [0.717, 1.165) is 0 Å². The van der Waals surface area contributed by atoms with E-state index in [0.29, 0.717) is 5.56 Å². The number of aliphatic carboxylic acids is 1.